The highest BCUT2D eigenvalue weighted by atomic mass is 35.5. The zero-order valence-electron chi connectivity index (χ0n) is 8.57. The Kier molecular flexibility index (Phi) is 3.83. The number of ether oxygens (including phenoxy) is 1. The summed E-state index contributed by atoms with van der Waals surface area (Å²) >= 11 is 7.85. The molecular formula is C10H13ClN2OS. The molecule has 15 heavy (non-hydrogen) atoms. The van der Waals surface area contributed by atoms with E-state index in [-0.39, 0.29) is 0 Å². The summed E-state index contributed by atoms with van der Waals surface area (Å²) in [5.41, 5.74) is 0.861. The molecule has 1 saturated heterocycles. The number of aromatic nitrogens is 2. The summed E-state index contributed by atoms with van der Waals surface area (Å²) in [5.74, 6) is 2.05. The van der Waals surface area contributed by atoms with E-state index in [1.807, 2.05) is 11.8 Å². The van der Waals surface area contributed by atoms with Gasteiger partial charge in [-0.25, -0.2) is 9.97 Å². The topological polar surface area (TPSA) is 35.0 Å². The summed E-state index contributed by atoms with van der Waals surface area (Å²) in [7, 11) is 1.65. The first-order valence-corrected chi connectivity index (χ1v) is 6.36. The molecule has 3 nitrogen and oxygen atoms in total. The second-order valence-electron chi connectivity index (χ2n) is 3.47. The first kappa shape index (κ1) is 11.2. The molecule has 1 fully saturated rings. The van der Waals surface area contributed by atoms with Crippen molar-refractivity contribution < 1.29 is 4.74 Å². The van der Waals surface area contributed by atoms with E-state index in [9.17, 15) is 0 Å². The highest BCUT2D eigenvalue weighted by Gasteiger charge is 2.21. The maximum absolute atomic E-state index is 5.95. The molecule has 82 valence electrons. The van der Waals surface area contributed by atoms with Gasteiger partial charge < -0.3 is 4.74 Å². The number of hydrogen-bond donors (Lipinski definition) is 0. The normalized spacial score (nSPS) is 20.8. The van der Waals surface area contributed by atoms with Gasteiger partial charge in [0.15, 0.2) is 0 Å². The summed E-state index contributed by atoms with van der Waals surface area (Å²) in [6, 6.07) is 1.76. The Balaban J connectivity index is 2.22. The third kappa shape index (κ3) is 2.83. The molecule has 0 amide bonds. The minimum absolute atomic E-state index is 0.416. The van der Waals surface area contributed by atoms with Crippen LogP contribution in [0.15, 0.2) is 6.07 Å². The quantitative estimate of drug-likeness (QED) is 0.766. The van der Waals surface area contributed by atoms with E-state index in [4.69, 9.17) is 16.3 Å². The molecule has 0 aliphatic carbocycles. The van der Waals surface area contributed by atoms with Gasteiger partial charge in [-0.1, -0.05) is 11.6 Å². The zero-order valence-corrected chi connectivity index (χ0v) is 10.1. The van der Waals surface area contributed by atoms with E-state index >= 15 is 0 Å². The first-order valence-electron chi connectivity index (χ1n) is 4.93. The maximum atomic E-state index is 5.95. The van der Waals surface area contributed by atoms with E-state index in [0.29, 0.717) is 17.0 Å². The van der Waals surface area contributed by atoms with Crippen LogP contribution in [0.5, 0.6) is 0 Å². The lowest BCUT2D eigenvalue weighted by atomic mass is 10.2. The summed E-state index contributed by atoms with van der Waals surface area (Å²) in [4.78, 5) is 8.74. The lowest BCUT2D eigenvalue weighted by Gasteiger charge is -2.09. The molecule has 1 aromatic rings. The van der Waals surface area contributed by atoms with Crippen molar-refractivity contribution in [3.05, 3.63) is 22.7 Å². The van der Waals surface area contributed by atoms with Gasteiger partial charge in [0.25, 0.3) is 0 Å². The van der Waals surface area contributed by atoms with Gasteiger partial charge in [-0.05, 0) is 24.7 Å². The van der Waals surface area contributed by atoms with Crippen LogP contribution < -0.4 is 0 Å². The Morgan fingerprint density at radius 2 is 2.47 bits per heavy atom. The average molecular weight is 245 g/mol. The molecule has 0 radical (unpaired) electrons. The molecule has 1 aliphatic rings. The van der Waals surface area contributed by atoms with Crippen LogP contribution >= 0.6 is 23.4 Å². The Bertz CT molecular complexity index is 342. The Labute approximate surface area is 98.6 Å². The molecule has 0 aromatic carbocycles. The standard InChI is InChI=1S/C10H13ClN2OS/c1-14-6-7-5-9(11)13-10(12-7)8-3-2-4-15-8/h5,8H,2-4,6H2,1H3. The molecule has 0 N–H and O–H groups in total. The number of halogens is 1. The van der Waals surface area contributed by atoms with Gasteiger partial charge in [-0.15, -0.1) is 0 Å². The lowest BCUT2D eigenvalue weighted by molar-refractivity contribution is 0.181. The fourth-order valence-corrected chi connectivity index (χ4v) is 3.05. The number of methoxy groups -OCH3 is 1. The van der Waals surface area contributed by atoms with Crippen molar-refractivity contribution in [1.82, 2.24) is 9.97 Å². The van der Waals surface area contributed by atoms with Crippen LogP contribution in [-0.2, 0) is 11.3 Å². The van der Waals surface area contributed by atoms with E-state index in [1.165, 1.54) is 12.2 Å². The second kappa shape index (κ2) is 5.14. The molecular weight excluding hydrogens is 232 g/mol. The van der Waals surface area contributed by atoms with E-state index in [2.05, 4.69) is 9.97 Å². The van der Waals surface area contributed by atoms with Gasteiger partial charge in [-0.3, -0.25) is 0 Å². The van der Waals surface area contributed by atoms with E-state index < -0.39 is 0 Å². The molecule has 1 unspecified atom stereocenters. The smallest absolute Gasteiger partial charge is 0.143 e. The van der Waals surface area contributed by atoms with Crippen LogP contribution in [0.1, 0.15) is 29.6 Å². The number of hydrogen-bond acceptors (Lipinski definition) is 4. The van der Waals surface area contributed by atoms with Gasteiger partial charge in [-0.2, -0.15) is 11.8 Å². The van der Waals surface area contributed by atoms with Crippen LogP contribution in [0, 0.1) is 0 Å². The Morgan fingerprint density at radius 3 is 3.13 bits per heavy atom. The number of thioether (sulfide) groups is 1. The van der Waals surface area contributed by atoms with Crippen molar-refractivity contribution in [3.8, 4) is 0 Å². The minimum atomic E-state index is 0.416. The van der Waals surface area contributed by atoms with Crippen LogP contribution in [0.25, 0.3) is 0 Å². The van der Waals surface area contributed by atoms with Gasteiger partial charge in [0, 0.05) is 7.11 Å². The van der Waals surface area contributed by atoms with Gasteiger partial charge >= 0.3 is 0 Å². The monoisotopic (exact) mass is 244 g/mol. The van der Waals surface area contributed by atoms with Crippen LogP contribution in [0.4, 0.5) is 0 Å². The molecule has 0 saturated carbocycles. The van der Waals surface area contributed by atoms with Crippen LogP contribution in [0.2, 0.25) is 5.15 Å². The van der Waals surface area contributed by atoms with E-state index in [1.54, 1.807) is 13.2 Å². The van der Waals surface area contributed by atoms with Gasteiger partial charge in [0.1, 0.15) is 11.0 Å². The maximum Gasteiger partial charge on any atom is 0.143 e. The van der Waals surface area contributed by atoms with Crippen LogP contribution in [0.3, 0.4) is 0 Å². The first-order chi connectivity index (χ1) is 7.29. The highest BCUT2D eigenvalue weighted by Crippen LogP contribution is 2.38. The fourth-order valence-electron chi connectivity index (χ4n) is 1.63. The minimum Gasteiger partial charge on any atom is -0.378 e. The van der Waals surface area contributed by atoms with Crippen molar-refractivity contribution in [3.63, 3.8) is 0 Å². The predicted molar refractivity (Wildman–Crippen MR) is 62.2 cm³/mol. The largest absolute Gasteiger partial charge is 0.378 e. The second-order valence-corrected chi connectivity index (χ2v) is 5.17. The molecule has 1 aliphatic heterocycles. The Hall–Kier alpha value is -0.320. The highest BCUT2D eigenvalue weighted by molar-refractivity contribution is 7.99. The number of nitrogens with zero attached hydrogens (tertiary/aromatic N) is 2. The molecule has 1 aromatic heterocycles. The van der Waals surface area contributed by atoms with Crippen LogP contribution in [-0.4, -0.2) is 22.8 Å². The molecule has 2 heterocycles. The van der Waals surface area contributed by atoms with Crippen molar-refractivity contribution in [1.29, 1.82) is 0 Å². The average Bonchev–Trinajstić information content (AvgIpc) is 2.70. The zero-order chi connectivity index (χ0) is 10.7. The molecule has 2 rings (SSSR count). The van der Waals surface area contributed by atoms with Crippen molar-refractivity contribution in [2.75, 3.05) is 12.9 Å². The summed E-state index contributed by atoms with van der Waals surface area (Å²) in [5, 5.41) is 0.929. The van der Waals surface area contributed by atoms with Crippen molar-refractivity contribution in [2.45, 2.75) is 24.7 Å². The summed E-state index contributed by atoms with van der Waals surface area (Å²) in [6.45, 7) is 0.493. The van der Waals surface area contributed by atoms with Gasteiger partial charge in [0.05, 0.1) is 17.6 Å². The van der Waals surface area contributed by atoms with Gasteiger partial charge in [0.2, 0.25) is 0 Å². The lowest BCUT2D eigenvalue weighted by Crippen LogP contribution is -2.03. The Morgan fingerprint density at radius 1 is 1.60 bits per heavy atom. The van der Waals surface area contributed by atoms with Crippen molar-refractivity contribution in [2.24, 2.45) is 0 Å². The van der Waals surface area contributed by atoms with Crippen molar-refractivity contribution >= 4 is 23.4 Å². The summed E-state index contributed by atoms with van der Waals surface area (Å²) < 4.78 is 5.04. The number of rotatable bonds is 3. The predicted octanol–water partition coefficient (Wildman–Crippen LogP) is 2.84. The molecule has 1 atom stereocenters. The molecule has 0 bridgehead atoms. The fraction of sp³-hybridized carbons (Fsp3) is 0.600. The SMILES string of the molecule is COCc1cc(Cl)nc(C2CCCS2)n1. The molecule has 0 spiro atoms. The third-order valence-electron chi connectivity index (χ3n) is 2.28. The third-order valence-corrected chi connectivity index (χ3v) is 3.84. The molecule has 5 heteroatoms. The summed E-state index contributed by atoms with van der Waals surface area (Å²) in [6.07, 6.45) is 2.39. The van der Waals surface area contributed by atoms with E-state index in [0.717, 1.165) is 17.9 Å².